The number of aryl methyl sites for hydroxylation is 1. The molecule has 0 spiro atoms. The summed E-state index contributed by atoms with van der Waals surface area (Å²) in [5.41, 5.74) is 1.17. The molecule has 1 aliphatic rings. The zero-order valence-electron chi connectivity index (χ0n) is 15.3. The molecule has 0 bridgehead atoms. The lowest BCUT2D eigenvalue weighted by atomic mass is 10.2. The number of nitrogens with zero attached hydrogens (tertiary/aromatic N) is 2. The van der Waals surface area contributed by atoms with Gasteiger partial charge in [-0.2, -0.15) is 0 Å². The summed E-state index contributed by atoms with van der Waals surface area (Å²) in [5.74, 6) is 0. The number of benzene rings is 1. The fourth-order valence-corrected chi connectivity index (χ4v) is 2.69. The predicted octanol–water partition coefficient (Wildman–Crippen LogP) is 2.44. The average Bonchev–Trinajstić information content (AvgIpc) is 2.52. The molecule has 1 unspecified atom stereocenters. The molecule has 138 valence electrons. The second kappa shape index (κ2) is 7.74. The fourth-order valence-electron chi connectivity index (χ4n) is 2.69. The molecule has 0 saturated carbocycles. The van der Waals surface area contributed by atoms with E-state index < -0.39 is 17.7 Å². The van der Waals surface area contributed by atoms with Crippen molar-refractivity contribution in [2.45, 2.75) is 39.3 Å². The number of nitrogens with one attached hydrogen (secondary N) is 1. The van der Waals surface area contributed by atoms with Gasteiger partial charge in [-0.1, -0.05) is 12.1 Å². The van der Waals surface area contributed by atoms with Gasteiger partial charge in [-0.25, -0.2) is 9.59 Å². The van der Waals surface area contributed by atoms with E-state index in [1.807, 2.05) is 31.2 Å². The molecule has 1 aromatic carbocycles. The van der Waals surface area contributed by atoms with Crippen LogP contribution in [0.4, 0.5) is 15.3 Å². The zero-order valence-corrected chi connectivity index (χ0v) is 15.3. The third-order valence-corrected chi connectivity index (χ3v) is 3.88. The Balaban J connectivity index is 1.99. The molecule has 2 rings (SSSR count). The van der Waals surface area contributed by atoms with Gasteiger partial charge < -0.3 is 25.0 Å². The highest BCUT2D eigenvalue weighted by molar-refractivity contribution is 5.89. The van der Waals surface area contributed by atoms with Crippen molar-refractivity contribution in [3.63, 3.8) is 0 Å². The predicted molar refractivity (Wildman–Crippen MR) is 95.6 cm³/mol. The Morgan fingerprint density at radius 3 is 2.64 bits per heavy atom. The lowest BCUT2D eigenvalue weighted by Crippen LogP contribution is -2.59. The van der Waals surface area contributed by atoms with Crippen LogP contribution in [0.5, 0.6) is 0 Å². The quantitative estimate of drug-likeness (QED) is 0.859. The van der Waals surface area contributed by atoms with Crippen molar-refractivity contribution in [3.05, 3.63) is 29.8 Å². The Morgan fingerprint density at radius 2 is 2.04 bits per heavy atom. The lowest BCUT2D eigenvalue weighted by molar-refractivity contribution is 0.00416. The monoisotopic (exact) mass is 349 g/mol. The molecule has 1 fully saturated rings. The van der Waals surface area contributed by atoms with Gasteiger partial charge in [0.25, 0.3) is 0 Å². The molecule has 2 N–H and O–H groups in total. The highest BCUT2D eigenvalue weighted by Crippen LogP contribution is 2.17. The molecule has 3 amide bonds. The number of aliphatic hydroxyl groups excluding tert-OH is 1. The summed E-state index contributed by atoms with van der Waals surface area (Å²) >= 11 is 0. The molecule has 7 nitrogen and oxygen atoms in total. The number of carbonyl (C=O) groups excluding carboxylic acids is 2. The summed E-state index contributed by atoms with van der Waals surface area (Å²) in [4.78, 5) is 27.8. The second-order valence-electron chi connectivity index (χ2n) is 7.26. The molecule has 0 aromatic heterocycles. The third-order valence-electron chi connectivity index (χ3n) is 3.88. The number of carbonyl (C=O) groups is 2. The van der Waals surface area contributed by atoms with Crippen molar-refractivity contribution in [2.24, 2.45) is 0 Å². The van der Waals surface area contributed by atoms with Gasteiger partial charge in [-0.3, -0.25) is 0 Å². The number of amides is 3. The summed E-state index contributed by atoms with van der Waals surface area (Å²) in [7, 11) is 0. The number of ether oxygens (including phenoxy) is 1. The number of hydrogen-bond donors (Lipinski definition) is 2. The van der Waals surface area contributed by atoms with E-state index in [9.17, 15) is 14.7 Å². The normalized spacial score (nSPS) is 18.0. The first-order valence-electron chi connectivity index (χ1n) is 8.42. The number of aliphatic hydroxyl groups is 1. The van der Waals surface area contributed by atoms with Crippen LogP contribution in [0.2, 0.25) is 0 Å². The Hall–Kier alpha value is -2.28. The van der Waals surface area contributed by atoms with Crippen LogP contribution >= 0.6 is 0 Å². The standard InChI is InChI=1S/C18H27N3O4/c1-13-6-5-7-14(10-13)19-16(23)21-9-8-20(11-15(21)12-22)17(24)25-18(2,3)4/h5-7,10,15,22H,8-9,11-12H2,1-4H3,(H,19,23). The van der Waals surface area contributed by atoms with Crippen molar-refractivity contribution in [2.75, 3.05) is 31.6 Å². The lowest BCUT2D eigenvalue weighted by Gasteiger charge is -2.40. The van der Waals surface area contributed by atoms with Gasteiger partial charge in [0.2, 0.25) is 0 Å². The van der Waals surface area contributed by atoms with Crippen LogP contribution in [0.25, 0.3) is 0 Å². The fraction of sp³-hybridized carbons (Fsp3) is 0.556. The molecular weight excluding hydrogens is 322 g/mol. The molecule has 7 heteroatoms. The largest absolute Gasteiger partial charge is 0.444 e. The Bertz CT molecular complexity index is 627. The summed E-state index contributed by atoms with van der Waals surface area (Å²) in [6.45, 7) is 8.09. The summed E-state index contributed by atoms with van der Waals surface area (Å²) in [5, 5.41) is 12.5. The van der Waals surface area contributed by atoms with Crippen molar-refractivity contribution in [1.82, 2.24) is 9.80 Å². The Labute approximate surface area is 148 Å². The molecule has 1 atom stereocenters. The average molecular weight is 349 g/mol. The minimum absolute atomic E-state index is 0.222. The minimum atomic E-state index is -0.578. The van der Waals surface area contributed by atoms with E-state index in [4.69, 9.17) is 4.74 Å². The van der Waals surface area contributed by atoms with E-state index in [0.717, 1.165) is 5.56 Å². The van der Waals surface area contributed by atoms with Crippen molar-refractivity contribution in [1.29, 1.82) is 0 Å². The van der Waals surface area contributed by atoms with Crippen LogP contribution in [0.15, 0.2) is 24.3 Å². The summed E-state index contributed by atoms with van der Waals surface area (Å²) < 4.78 is 5.36. The third kappa shape index (κ3) is 5.35. The zero-order chi connectivity index (χ0) is 18.6. The van der Waals surface area contributed by atoms with Gasteiger partial charge in [-0.05, 0) is 45.4 Å². The van der Waals surface area contributed by atoms with Crippen LogP contribution in [0.1, 0.15) is 26.3 Å². The maximum Gasteiger partial charge on any atom is 0.410 e. The number of rotatable bonds is 2. The Kier molecular flexibility index (Phi) is 5.89. The molecule has 0 aliphatic carbocycles. The van der Waals surface area contributed by atoms with E-state index in [0.29, 0.717) is 18.8 Å². The van der Waals surface area contributed by atoms with E-state index in [1.54, 1.807) is 25.7 Å². The first-order valence-corrected chi connectivity index (χ1v) is 8.42. The van der Waals surface area contributed by atoms with E-state index >= 15 is 0 Å². The van der Waals surface area contributed by atoms with Crippen LogP contribution in [-0.2, 0) is 4.74 Å². The SMILES string of the molecule is Cc1cccc(NC(=O)N2CCN(C(=O)OC(C)(C)C)CC2CO)c1. The van der Waals surface area contributed by atoms with E-state index in [-0.39, 0.29) is 19.2 Å². The Morgan fingerprint density at radius 1 is 1.32 bits per heavy atom. The summed E-state index contributed by atoms with van der Waals surface area (Å²) in [6.07, 6.45) is -0.426. The van der Waals surface area contributed by atoms with Crippen LogP contribution in [0, 0.1) is 6.92 Å². The second-order valence-corrected chi connectivity index (χ2v) is 7.26. The molecule has 1 heterocycles. The van der Waals surface area contributed by atoms with Crippen molar-refractivity contribution < 1.29 is 19.4 Å². The maximum absolute atomic E-state index is 12.5. The highest BCUT2D eigenvalue weighted by Gasteiger charge is 2.34. The maximum atomic E-state index is 12.5. The van der Waals surface area contributed by atoms with Gasteiger partial charge >= 0.3 is 12.1 Å². The van der Waals surface area contributed by atoms with Crippen molar-refractivity contribution >= 4 is 17.8 Å². The first kappa shape index (κ1) is 19.1. The molecule has 1 saturated heterocycles. The van der Waals surface area contributed by atoms with Gasteiger partial charge in [0, 0.05) is 25.3 Å². The number of anilines is 1. The van der Waals surface area contributed by atoms with Crippen molar-refractivity contribution in [3.8, 4) is 0 Å². The number of urea groups is 1. The van der Waals surface area contributed by atoms with Crippen LogP contribution < -0.4 is 5.32 Å². The van der Waals surface area contributed by atoms with Gasteiger partial charge in [0.15, 0.2) is 0 Å². The summed E-state index contributed by atoms with van der Waals surface area (Å²) in [6, 6.07) is 6.76. The molecular formula is C18H27N3O4. The van der Waals surface area contributed by atoms with Gasteiger partial charge in [0.1, 0.15) is 5.60 Å². The first-order chi connectivity index (χ1) is 11.7. The van der Waals surface area contributed by atoms with Gasteiger partial charge in [0.05, 0.1) is 12.6 Å². The van der Waals surface area contributed by atoms with E-state index in [1.165, 1.54) is 4.90 Å². The van der Waals surface area contributed by atoms with Crippen LogP contribution in [0.3, 0.4) is 0 Å². The minimum Gasteiger partial charge on any atom is -0.444 e. The number of hydrogen-bond acceptors (Lipinski definition) is 4. The van der Waals surface area contributed by atoms with Crippen LogP contribution in [-0.4, -0.2) is 64.9 Å². The molecule has 25 heavy (non-hydrogen) atoms. The van der Waals surface area contributed by atoms with E-state index in [2.05, 4.69) is 5.32 Å². The molecule has 1 aromatic rings. The number of piperazine rings is 1. The highest BCUT2D eigenvalue weighted by atomic mass is 16.6. The molecule has 1 aliphatic heterocycles. The molecule has 0 radical (unpaired) electrons. The smallest absolute Gasteiger partial charge is 0.410 e. The van der Waals surface area contributed by atoms with Gasteiger partial charge in [-0.15, -0.1) is 0 Å². The topological polar surface area (TPSA) is 82.1 Å².